The average molecular weight is 406 g/mol. The van der Waals surface area contributed by atoms with E-state index in [-0.39, 0.29) is 29.4 Å². The summed E-state index contributed by atoms with van der Waals surface area (Å²) in [6, 6.07) is 3.31. The Hall–Kier alpha value is -1.93. The fraction of sp³-hybridized carbons (Fsp3) is 0.571. The summed E-state index contributed by atoms with van der Waals surface area (Å²) < 4.78 is 50.7. The Morgan fingerprint density at radius 3 is 2.34 bits per heavy atom. The van der Waals surface area contributed by atoms with Gasteiger partial charge in [0.1, 0.15) is 5.58 Å². The summed E-state index contributed by atoms with van der Waals surface area (Å²) in [5.74, 6) is -0.610. The van der Waals surface area contributed by atoms with E-state index in [9.17, 15) is 13.6 Å². The third kappa shape index (κ3) is 3.36. The third-order valence-electron chi connectivity index (χ3n) is 6.11. The van der Waals surface area contributed by atoms with Gasteiger partial charge in [-0.15, -0.1) is 0 Å². The molecule has 0 spiro atoms. The Balaban J connectivity index is 1.95. The second-order valence-electron chi connectivity index (χ2n) is 8.72. The molecule has 0 radical (unpaired) electrons. The molecule has 1 aliphatic heterocycles. The van der Waals surface area contributed by atoms with Gasteiger partial charge in [0.15, 0.2) is 0 Å². The first-order valence-electron chi connectivity index (χ1n) is 9.97. The number of furan rings is 1. The summed E-state index contributed by atoms with van der Waals surface area (Å²) in [4.78, 5) is 12.6. The highest BCUT2D eigenvalue weighted by Crippen LogP contribution is 2.44. The number of ether oxygens (including phenoxy) is 1. The summed E-state index contributed by atoms with van der Waals surface area (Å²) in [5, 5.41) is 0.422. The van der Waals surface area contributed by atoms with Crippen LogP contribution < -0.4 is 5.46 Å². The fourth-order valence-corrected chi connectivity index (χ4v) is 3.63. The summed E-state index contributed by atoms with van der Waals surface area (Å²) in [6.07, 6.45) is -0.811. The van der Waals surface area contributed by atoms with Gasteiger partial charge in [-0.05, 0) is 71.1 Å². The fourth-order valence-electron chi connectivity index (χ4n) is 3.63. The van der Waals surface area contributed by atoms with Crippen molar-refractivity contribution < 1.29 is 32.0 Å². The largest absolute Gasteiger partial charge is 0.499 e. The number of carbonyl (C=O) groups is 1. The number of hydrogen-bond donors (Lipinski definition) is 0. The zero-order valence-corrected chi connectivity index (χ0v) is 17.3. The molecule has 8 heteroatoms. The Labute approximate surface area is 168 Å². The molecule has 29 heavy (non-hydrogen) atoms. The van der Waals surface area contributed by atoms with Crippen LogP contribution in [0.2, 0.25) is 0 Å². The van der Waals surface area contributed by atoms with Crippen molar-refractivity contribution in [3.05, 3.63) is 29.0 Å². The number of benzene rings is 1. The summed E-state index contributed by atoms with van der Waals surface area (Å²) >= 11 is 0. The van der Waals surface area contributed by atoms with Gasteiger partial charge in [0.25, 0.3) is 6.43 Å². The van der Waals surface area contributed by atoms with Gasteiger partial charge in [-0.3, -0.25) is 0 Å². The zero-order valence-electron chi connectivity index (χ0n) is 17.3. The number of fused-ring (bicyclic) bond motifs is 1. The van der Waals surface area contributed by atoms with E-state index >= 15 is 0 Å². The molecule has 1 aromatic carbocycles. The van der Waals surface area contributed by atoms with Gasteiger partial charge in [-0.2, -0.15) is 0 Å². The number of esters is 1. The number of halogens is 2. The van der Waals surface area contributed by atoms with E-state index in [4.69, 9.17) is 18.5 Å². The van der Waals surface area contributed by atoms with E-state index in [0.717, 1.165) is 18.4 Å². The van der Waals surface area contributed by atoms with Crippen LogP contribution in [0.25, 0.3) is 11.0 Å². The first-order valence-corrected chi connectivity index (χ1v) is 9.97. The van der Waals surface area contributed by atoms with E-state index in [0.29, 0.717) is 10.8 Å². The van der Waals surface area contributed by atoms with Crippen LogP contribution in [-0.4, -0.2) is 30.9 Å². The lowest BCUT2D eigenvalue weighted by Gasteiger charge is -2.32. The normalized spacial score (nSPS) is 20.6. The second kappa shape index (κ2) is 6.81. The molecule has 4 rings (SSSR count). The maximum absolute atomic E-state index is 13.8. The Morgan fingerprint density at radius 1 is 1.21 bits per heavy atom. The number of alkyl halides is 2. The molecule has 1 saturated carbocycles. The lowest BCUT2D eigenvalue weighted by atomic mass is 9.76. The standard InChI is InChI=1S/C21H25BF2O5/c1-6-26-19(25)17-15(22-28-20(2,3)21(4,5)29-22)13-9-12(11-7-8-11)10-14(18(23)24)16(13)27-17/h9-11,18H,6-8H2,1-5H3. The van der Waals surface area contributed by atoms with E-state index in [2.05, 4.69) is 0 Å². The van der Waals surface area contributed by atoms with E-state index in [1.807, 2.05) is 33.8 Å². The topological polar surface area (TPSA) is 57.9 Å². The molecule has 0 bridgehead atoms. The van der Waals surface area contributed by atoms with Crippen LogP contribution >= 0.6 is 0 Å². The highest BCUT2D eigenvalue weighted by atomic mass is 19.3. The lowest BCUT2D eigenvalue weighted by molar-refractivity contribution is 0.00578. The summed E-state index contributed by atoms with van der Waals surface area (Å²) in [5.41, 5.74) is -0.419. The molecule has 0 atom stereocenters. The van der Waals surface area contributed by atoms with Crippen LogP contribution in [0.1, 0.15) is 81.5 Å². The quantitative estimate of drug-likeness (QED) is 0.531. The smallest absolute Gasteiger partial charge is 0.460 e. The van der Waals surface area contributed by atoms with E-state index in [1.54, 1.807) is 6.92 Å². The van der Waals surface area contributed by atoms with Crippen molar-refractivity contribution in [2.75, 3.05) is 6.61 Å². The Bertz CT molecular complexity index is 946. The van der Waals surface area contributed by atoms with Crippen LogP contribution in [-0.2, 0) is 14.0 Å². The minimum atomic E-state index is -2.73. The number of hydrogen-bond acceptors (Lipinski definition) is 5. The van der Waals surface area contributed by atoms with Crippen LogP contribution in [0.15, 0.2) is 16.5 Å². The molecular formula is C21H25BF2O5. The average Bonchev–Trinajstić information content (AvgIpc) is 3.35. The maximum atomic E-state index is 13.8. The van der Waals surface area contributed by atoms with Gasteiger partial charge >= 0.3 is 13.1 Å². The molecule has 1 saturated heterocycles. The molecule has 1 aromatic heterocycles. The SMILES string of the molecule is CCOC(=O)c1oc2c(C(F)F)cc(C3CC3)cc2c1B1OC(C)(C)C(C)(C)O1. The minimum Gasteiger partial charge on any atom is -0.460 e. The monoisotopic (exact) mass is 406 g/mol. The molecule has 0 N–H and O–H groups in total. The van der Waals surface area contributed by atoms with Crippen LogP contribution in [0.3, 0.4) is 0 Å². The van der Waals surface area contributed by atoms with Gasteiger partial charge < -0.3 is 18.5 Å². The van der Waals surface area contributed by atoms with Gasteiger partial charge in [0.2, 0.25) is 5.76 Å². The maximum Gasteiger partial charge on any atom is 0.499 e. The summed E-state index contributed by atoms with van der Waals surface area (Å²) in [6.45, 7) is 9.36. The molecule has 1 aliphatic carbocycles. The predicted molar refractivity (Wildman–Crippen MR) is 105 cm³/mol. The molecule has 2 aromatic rings. The second-order valence-corrected chi connectivity index (χ2v) is 8.72. The number of rotatable bonds is 5. The molecule has 2 aliphatic rings. The molecule has 5 nitrogen and oxygen atoms in total. The molecule has 2 fully saturated rings. The van der Waals surface area contributed by atoms with Gasteiger partial charge in [0.05, 0.1) is 23.4 Å². The first-order chi connectivity index (χ1) is 13.6. The molecule has 156 valence electrons. The Morgan fingerprint density at radius 2 is 1.83 bits per heavy atom. The van der Waals surface area contributed by atoms with Crippen molar-refractivity contribution in [1.29, 1.82) is 0 Å². The van der Waals surface area contributed by atoms with Crippen LogP contribution in [0, 0.1) is 0 Å². The van der Waals surface area contributed by atoms with Crippen LogP contribution in [0.4, 0.5) is 8.78 Å². The van der Waals surface area contributed by atoms with Crippen molar-refractivity contribution in [1.82, 2.24) is 0 Å². The molecular weight excluding hydrogens is 381 g/mol. The number of carbonyl (C=O) groups excluding carboxylic acids is 1. The van der Waals surface area contributed by atoms with Gasteiger partial charge in [-0.1, -0.05) is 0 Å². The van der Waals surface area contributed by atoms with Gasteiger partial charge in [-0.25, -0.2) is 13.6 Å². The molecule has 0 amide bonds. The minimum absolute atomic E-state index is 0.0165. The van der Waals surface area contributed by atoms with E-state index in [1.165, 1.54) is 6.07 Å². The molecule has 2 heterocycles. The van der Waals surface area contributed by atoms with Gasteiger partial charge in [0, 0.05) is 10.8 Å². The molecule has 0 unspecified atom stereocenters. The van der Waals surface area contributed by atoms with Crippen molar-refractivity contribution in [2.24, 2.45) is 0 Å². The van der Waals surface area contributed by atoms with Crippen molar-refractivity contribution in [3.8, 4) is 0 Å². The predicted octanol–water partition coefficient (Wildman–Crippen LogP) is 4.72. The third-order valence-corrected chi connectivity index (χ3v) is 6.11. The van der Waals surface area contributed by atoms with Crippen molar-refractivity contribution in [2.45, 2.75) is 71.0 Å². The highest BCUT2D eigenvalue weighted by Gasteiger charge is 2.54. The highest BCUT2D eigenvalue weighted by molar-refractivity contribution is 6.66. The Kier molecular flexibility index (Phi) is 4.78. The van der Waals surface area contributed by atoms with Crippen molar-refractivity contribution >= 4 is 29.5 Å². The first kappa shape index (κ1) is 20.4. The summed E-state index contributed by atoms with van der Waals surface area (Å²) in [7, 11) is -0.930. The van der Waals surface area contributed by atoms with Crippen molar-refractivity contribution in [3.63, 3.8) is 0 Å². The zero-order chi connectivity index (χ0) is 21.1. The van der Waals surface area contributed by atoms with E-state index < -0.39 is 30.7 Å². The lowest BCUT2D eigenvalue weighted by Crippen LogP contribution is -2.41. The van der Waals surface area contributed by atoms with Crippen LogP contribution in [0.5, 0.6) is 0 Å².